The van der Waals surface area contributed by atoms with E-state index >= 15 is 0 Å². The van der Waals surface area contributed by atoms with Gasteiger partial charge in [0.05, 0.1) is 12.2 Å². The number of nitrogens with one attached hydrogen (secondary N) is 1. The third kappa shape index (κ3) is 4.98. The van der Waals surface area contributed by atoms with Gasteiger partial charge in [-0.1, -0.05) is 24.3 Å². The van der Waals surface area contributed by atoms with E-state index in [1.807, 2.05) is 59.8 Å². The average Bonchev–Trinajstić information content (AvgIpc) is 3.17. The van der Waals surface area contributed by atoms with Crippen LogP contribution in [0.15, 0.2) is 52.8 Å². The third-order valence-corrected chi connectivity index (χ3v) is 7.12. The fourth-order valence-electron chi connectivity index (χ4n) is 3.41. The van der Waals surface area contributed by atoms with E-state index in [4.69, 9.17) is 0 Å². The molecule has 3 atom stereocenters. The summed E-state index contributed by atoms with van der Waals surface area (Å²) < 4.78 is 0. The van der Waals surface area contributed by atoms with Crippen LogP contribution in [0.2, 0.25) is 0 Å². The number of carboxylic acid groups (broad SMARTS) is 1. The van der Waals surface area contributed by atoms with Gasteiger partial charge in [0.25, 0.3) is 5.91 Å². The topological polar surface area (TPSA) is 102 Å². The molecule has 8 nitrogen and oxygen atoms in total. The number of benzene rings is 1. The molecule has 2 aliphatic heterocycles. The Bertz CT molecular complexity index is 986. The number of hydrogen-bond acceptors (Lipinski definition) is 7. The predicted molar refractivity (Wildman–Crippen MR) is 124 cm³/mol. The zero-order valence-corrected chi connectivity index (χ0v) is 17.7. The van der Waals surface area contributed by atoms with E-state index in [-0.39, 0.29) is 41.9 Å². The summed E-state index contributed by atoms with van der Waals surface area (Å²) in [4.78, 5) is 45.3. The Morgan fingerprint density at radius 1 is 1.26 bits per heavy atom. The van der Waals surface area contributed by atoms with Crippen LogP contribution < -0.4 is 10.2 Å². The van der Waals surface area contributed by atoms with Crippen LogP contribution in [0.3, 0.4) is 0 Å². The van der Waals surface area contributed by atoms with E-state index in [0.717, 1.165) is 10.6 Å². The van der Waals surface area contributed by atoms with Gasteiger partial charge in [0.15, 0.2) is 0 Å². The van der Waals surface area contributed by atoms with Crippen molar-refractivity contribution in [1.29, 1.82) is 0 Å². The second-order valence-electron chi connectivity index (χ2n) is 6.90. The summed E-state index contributed by atoms with van der Waals surface area (Å²) in [6.07, 6.45) is -1.12. The van der Waals surface area contributed by atoms with E-state index in [1.54, 1.807) is 0 Å². The molecular weight excluding hydrogens is 447 g/mol. The number of fused-ring (bicyclic) bond motifs is 1. The zero-order valence-electron chi connectivity index (χ0n) is 16.1. The summed E-state index contributed by atoms with van der Waals surface area (Å²) >= 11 is 2.88. The Labute approximate surface area is 210 Å². The van der Waals surface area contributed by atoms with E-state index in [1.165, 1.54) is 28.0 Å². The summed E-state index contributed by atoms with van der Waals surface area (Å²) in [7, 11) is 1.82. The Balaban J connectivity index is 0.00000272. The van der Waals surface area contributed by atoms with Crippen LogP contribution in [0.4, 0.5) is 5.69 Å². The number of hydrogen-bond donors (Lipinski definition) is 2. The zero-order chi connectivity index (χ0) is 21.3. The number of aliphatic imine (C=N–C) groups is 1. The molecule has 4 rings (SSSR count). The molecule has 2 amide bonds. The predicted octanol–water partition coefficient (Wildman–Crippen LogP) is 0.988. The van der Waals surface area contributed by atoms with Crippen molar-refractivity contribution in [3.8, 4) is 0 Å². The number of β-lactam (4-membered cyclic amide) rings is 1. The Morgan fingerprint density at radius 3 is 2.65 bits per heavy atom. The van der Waals surface area contributed by atoms with Crippen LogP contribution >= 0.6 is 23.1 Å². The molecule has 11 heteroatoms. The van der Waals surface area contributed by atoms with Crippen molar-refractivity contribution in [2.75, 3.05) is 17.7 Å². The summed E-state index contributed by atoms with van der Waals surface area (Å²) in [5, 5.41) is 13.9. The molecule has 1 saturated heterocycles. The minimum atomic E-state index is -1.32. The van der Waals surface area contributed by atoms with Gasteiger partial charge in [-0.3, -0.25) is 14.5 Å². The molecule has 3 heterocycles. The number of thiophene rings is 1. The second kappa shape index (κ2) is 10.2. The molecule has 0 radical (unpaired) electrons. The molecule has 0 unspecified atom stereocenters. The van der Waals surface area contributed by atoms with Crippen molar-refractivity contribution in [2.45, 2.75) is 24.0 Å². The molecule has 31 heavy (non-hydrogen) atoms. The van der Waals surface area contributed by atoms with Crippen LogP contribution in [0.1, 0.15) is 4.88 Å². The number of aliphatic carboxylic acids is 1. The molecule has 1 aromatic heterocycles. The van der Waals surface area contributed by atoms with Crippen molar-refractivity contribution in [2.24, 2.45) is 4.99 Å². The molecule has 1 aromatic carbocycles. The first-order valence-electron chi connectivity index (χ1n) is 9.29. The molecule has 0 spiro atoms. The van der Waals surface area contributed by atoms with Gasteiger partial charge in [-0.2, -0.15) is 0 Å². The Morgan fingerprint density at radius 2 is 2.00 bits per heavy atom. The van der Waals surface area contributed by atoms with Crippen molar-refractivity contribution in [3.63, 3.8) is 0 Å². The molecule has 0 aliphatic carbocycles. The fourth-order valence-corrected chi connectivity index (χ4v) is 5.46. The minimum absolute atomic E-state index is 0. The van der Waals surface area contributed by atoms with Gasteiger partial charge in [0.1, 0.15) is 17.3 Å². The average molecular weight is 469 g/mol. The van der Waals surface area contributed by atoms with Crippen LogP contribution in [0.25, 0.3) is 0 Å². The molecule has 2 aliphatic rings. The first-order valence-corrected chi connectivity index (χ1v) is 11.2. The number of rotatable bonds is 5. The van der Waals surface area contributed by atoms with E-state index < -0.39 is 29.5 Å². The van der Waals surface area contributed by atoms with Crippen molar-refractivity contribution < 1.29 is 19.5 Å². The normalized spacial score (nSPS) is 22.2. The van der Waals surface area contributed by atoms with Gasteiger partial charge in [0.2, 0.25) is 12.1 Å². The van der Waals surface area contributed by atoms with Crippen LogP contribution in [-0.2, 0) is 20.8 Å². The molecule has 2 aromatic rings. The summed E-state index contributed by atoms with van der Waals surface area (Å²) in [6, 6.07) is 12.5. The number of carboxylic acids is 1. The summed E-state index contributed by atoms with van der Waals surface area (Å²) in [6.45, 7) is 0. The van der Waals surface area contributed by atoms with Crippen molar-refractivity contribution in [3.05, 3.63) is 52.7 Å². The number of carbonyl (C=O) groups excluding carboxylic acids is 2. The molecule has 0 saturated carbocycles. The SMILES string of the molecule is CN(C1=N[C@@H](C(=O)O)N2C(=O)[C@H](NC(=O)Cc3cccs3)[C@@H]2SC1)c1ccccc1.[NaH]. The molecule has 158 valence electrons. The van der Waals surface area contributed by atoms with Gasteiger partial charge in [-0.25, -0.2) is 9.79 Å². The number of amides is 2. The number of para-hydroxylation sites is 1. The quantitative estimate of drug-likeness (QED) is 0.501. The Kier molecular flexibility index (Phi) is 7.82. The van der Waals surface area contributed by atoms with Gasteiger partial charge in [-0.15, -0.1) is 23.1 Å². The number of carbonyl (C=O) groups is 3. The second-order valence-corrected chi connectivity index (χ2v) is 9.04. The molecular formula is C20H21N4NaO4S2. The Hall–Kier alpha value is -1.85. The van der Waals surface area contributed by atoms with Crippen LogP contribution in [0.5, 0.6) is 0 Å². The molecule has 2 N–H and O–H groups in total. The number of thioether (sulfide) groups is 1. The monoisotopic (exact) mass is 468 g/mol. The van der Waals surface area contributed by atoms with Crippen LogP contribution in [0, 0.1) is 0 Å². The standard InChI is InChI=1S/C20H20N4O4S2.Na.H/c1-23(12-6-3-2-4-7-12)14-11-30-19-16(18(26)24(19)17(21-14)20(27)28)22-15(25)10-13-8-5-9-29-13;;/h2-9,16-17,19H,10-11H2,1H3,(H,22,25)(H,27,28);;/t16-,17+,19-;;/m0../s1. The number of amidine groups is 1. The number of anilines is 1. The maximum atomic E-state index is 12.7. The maximum absolute atomic E-state index is 12.7. The van der Waals surface area contributed by atoms with Crippen molar-refractivity contribution in [1.82, 2.24) is 10.2 Å². The van der Waals surface area contributed by atoms with Gasteiger partial charge in [0, 0.05) is 17.6 Å². The van der Waals surface area contributed by atoms with Gasteiger partial charge in [-0.05, 0) is 23.6 Å². The molecule has 0 bridgehead atoms. The molecule has 1 fully saturated rings. The van der Waals surface area contributed by atoms with Crippen molar-refractivity contribution >= 4 is 82.0 Å². The first-order chi connectivity index (χ1) is 14.5. The summed E-state index contributed by atoms with van der Waals surface area (Å²) in [5.74, 6) is -0.898. The number of nitrogens with zero attached hydrogens (tertiary/aromatic N) is 3. The fraction of sp³-hybridized carbons (Fsp3) is 0.300. The van der Waals surface area contributed by atoms with Crippen LogP contribution in [-0.4, -0.2) is 93.6 Å². The van der Waals surface area contributed by atoms with E-state index in [2.05, 4.69) is 10.3 Å². The first kappa shape index (κ1) is 23.8. The van der Waals surface area contributed by atoms with E-state index in [0.29, 0.717) is 11.6 Å². The van der Waals surface area contributed by atoms with E-state index in [9.17, 15) is 19.5 Å². The van der Waals surface area contributed by atoms with Gasteiger partial charge >= 0.3 is 35.5 Å². The summed E-state index contributed by atoms with van der Waals surface area (Å²) in [5.41, 5.74) is 0.873. The van der Waals surface area contributed by atoms with Gasteiger partial charge < -0.3 is 15.3 Å². The third-order valence-electron chi connectivity index (χ3n) is 4.98.